The number of hydrogen-bond acceptors (Lipinski definition) is 2. The van der Waals surface area contributed by atoms with Gasteiger partial charge in [0.1, 0.15) is 5.82 Å². The smallest absolute Gasteiger partial charge is 0.317 e. The summed E-state index contributed by atoms with van der Waals surface area (Å²) in [4.78, 5) is 31.6. The largest absolute Gasteiger partial charge is 0.360 e. The molecule has 0 bridgehead atoms. The van der Waals surface area contributed by atoms with Crippen molar-refractivity contribution in [3.05, 3.63) is 41.9 Å². The molecular formula is C23H29FN4O2. The third-order valence-electron chi connectivity index (χ3n) is 6.06. The highest BCUT2D eigenvalue weighted by Gasteiger charge is 2.20. The maximum Gasteiger partial charge on any atom is 0.317 e. The number of amides is 3. The van der Waals surface area contributed by atoms with E-state index >= 15 is 0 Å². The number of urea groups is 1. The molecule has 160 valence electrons. The Morgan fingerprint density at radius 2 is 1.87 bits per heavy atom. The number of fused-ring (bicyclic) bond motifs is 1. The van der Waals surface area contributed by atoms with Crippen molar-refractivity contribution in [3.8, 4) is 0 Å². The highest BCUT2D eigenvalue weighted by atomic mass is 19.1. The topological polar surface area (TPSA) is 68.4 Å². The van der Waals surface area contributed by atoms with Gasteiger partial charge in [-0.2, -0.15) is 0 Å². The summed E-state index contributed by atoms with van der Waals surface area (Å²) in [5.74, 6) is -0.125. The summed E-state index contributed by atoms with van der Waals surface area (Å²) in [5, 5.41) is 3.88. The maximum atomic E-state index is 13.4. The number of carbonyl (C=O) groups is 2. The summed E-state index contributed by atoms with van der Waals surface area (Å²) in [6.07, 6.45) is 9.59. The van der Waals surface area contributed by atoms with Crippen LogP contribution in [0.5, 0.6) is 0 Å². The molecule has 1 saturated heterocycles. The van der Waals surface area contributed by atoms with Gasteiger partial charge in [-0.1, -0.05) is 18.9 Å². The molecule has 3 heterocycles. The third-order valence-corrected chi connectivity index (χ3v) is 6.06. The molecule has 0 aliphatic carbocycles. The molecule has 7 heteroatoms. The minimum atomic E-state index is -0.259. The molecule has 2 aromatic rings. The van der Waals surface area contributed by atoms with E-state index in [0.717, 1.165) is 54.4 Å². The minimum absolute atomic E-state index is 0.130. The summed E-state index contributed by atoms with van der Waals surface area (Å²) in [6, 6.07) is 4.62. The van der Waals surface area contributed by atoms with Crippen molar-refractivity contribution < 1.29 is 14.0 Å². The van der Waals surface area contributed by atoms with Crippen molar-refractivity contribution in [2.75, 3.05) is 32.7 Å². The Hall–Kier alpha value is -2.83. The van der Waals surface area contributed by atoms with Crippen molar-refractivity contribution in [2.45, 2.75) is 38.5 Å². The molecular weight excluding hydrogens is 383 g/mol. The number of nitrogens with zero attached hydrogens (tertiary/aromatic N) is 2. The SMILES string of the molecule is O=C(CCNC(=O)N1CC=C(c2c[nH]c3cc(F)ccc23)CC1)N1CCCCCC1. The van der Waals surface area contributed by atoms with Gasteiger partial charge < -0.3 is 20.1 Å². The van der Waals surface area contributed by atoms with Gasteiger partial charge in [-0.25, -0.2) is 9.18 Å². The predicted octanol–water partition coefficient (Wildman–Crippen LogP) is 3.90. The lowest BCUT2D eigenvalue weighted by molar-refractivity contribution is -0.131. The Morgan fingerprint density at radius 1 is 1.07 bits per heavy atom. The Kier molecular flexibility index (Phi) is 6.35. The molecule has 1 fully saturated rings. The van der Waals surface area contributed by atoms with Crippen LogP contribution in [-0.4, -0.2) is 59.4 Å². The number of likely N-dealkylation sites (tertiary alicyclic amines) is 1. The Bertz CT molecular complexity index is 944. The van der Waals surface area contributed by atoms with E-state index in [0.29, 0.717) is 26.1 Å². The molecule has 2 aliphatic rings. The number of rotatable bonds is 4. The van der Waals surface area contributed by atoms with E-state index in [1.54, 1.807) is 11.0 Å². The Labute approximate surface area is 176 Å². The van der Waals surface area contributed by atoms with Crippen LogP contribution in [-0.2, 0) is 4.79 Å². The number of nitrogens with one attached hydrogen (secondary N) is 2. The predicted molar refractivity (Wildman–Crippen MR) is 115 cm³/mol. The van der Waals surface area contributed by atoms with Crippen LogP contribution in [0.2, 0.25) is 0 Å². The summed E-state index contributed by atoms with van der Waals surface area (Å²) in [7, 11) is 0. The van der Waals surface area contributed by atoms with Gasteiger partial charge in [-0.15, -0.1) is 0 Å². The van der Waals surface area contributed by atoms with Gasteiger partial charge in [0.15, 0.2) is 0 Å². The van der Waals surface area contributed by atoms with Crippen molar-refractivity contribution in [1.82, 2.24) is 20.1 Å². The third kappa shape index (κ3) is 4.66. The molecule has 1 aromatic heterocycles. The normalized spacial score (nSPS) is 17.6. The zero-order valence-corrected chi connectivity index (χ0v) is 17.3. The molecule has 30 heavy (non-hydrogen) atoms. The number of benzene rings is 1. The van der Waals surface area contributed by atoms with Crippen LogP contribution in [0.15, 0.2) is 30.5 Å². The monoisotopic (exact) mass is 412 g/mol. The van der Waals surface area contributed by atoms with Crippen LogP contribution in [0, 0.1) is 5.82 Å². The first-order chi connectivity index (χ1) is 14.6. The molecule has 4 rings (SSSR count). The van der Waals surface area contributed by atoms with E-state index in [9.17, 15) is 14.0 Å². The van der Waals surface area contributed by atoms with Crippen LogP contribution in [0.1, 0.15) is 44.1 Å². The zero-order chi connectivity index (χ0) is 20.9. The molecule has 0 saturated carbocycles. The van der Waals surface area contributed by atoms with Crippen LogP contribution >= 0.6 is 0 Å². The van der Waals surface area contributed by atoms with Crippen LogP contribution < -0.4 is 5.32 Å². The van der Waals surface area contributed by atoms with E-state index in [4.69, 9.17) is 0 Å². The lowest BCUT2D eigenvalue weighted by atomic mass is 9.99. The fourth-order valence-electron chi connectivity index (χ4n) is 4.33. The van der Waals surface area contributed by atoms with E-state index in [1.165, 1.54) is 25.0 Å². The van der Waals surface area contributed by atoms with E-state index in [2.05, 4.69) is 16.4 Å². The highest BCUT2D eigenvalue weighted by molar-refractivity contribution is 5.93. The van der Waals surface area contributed by atoms with Gasteiger partial charge in [0.05, 0.1) is 0 Å². The second-order valence-corrected chi connectivity index (χ2v) is 8.09. The van der Waals surface area contributed by atoms with E-state index in [-0.39, 0.29) is 17.8 Å². The summed E-state index contributed by atoms with van der Waals surface area (Å²) in [5.41, 5.74) is 3.00. The maximum absolute atomic E-state index is 13.4. The number of aromatic amines is 1. The second kappa shape index (κ2) is 9.32. The van der Waals surface area contributed by atoms with Gasteiger partial charge in [-0.05, 0) is 43.0 Å². The fourth-order valence-corrected chi connectivity index (χ4v) is 4.33. The molecule has 6 nitrogen and oxygen atoms in total. The van der Waals surface area contributed by atoms with Crippen molar-refractivity contribution in [1.29, 1.82) is 0 Å². The summed E-state index contributed by atoms with van der Waals surface area (Å²) in [6.45, 7) is 3.19. The van der Waals surface area contributed by atoms with Crippen LogP contribution in [0.25, 0.3) is 16.5 Å². The van der Waals surface area contributed by atoms with E-state index in [1.807, 2.05) is 11.1 Å². The molecule has 2 aliphatic heterocycles. The van der Waals surface area contributed by atoms with Crippen LogP contribution in [0.3, 0.4) is 0 Å². The van der Waals surface area contributed by atoms with Gasteiger partial charge in [0, 0.05) is 61.8 Å². The average Bonchev–Trinajstić information content (AvgIpc) is 2.97. The fraction of sp³-hybridized carbons (Fsp3) is 0.478. The minimum Gasteiger partial charge on any atom is -0.360 e. The quantitative estimate of drug-likeness (QED) is 0.800. The van der Waals surface area contributed by atoms with E-state index < -0.39 is 0 Å². The van der Waals surface area contributed by atoms with Gasteiger partial charge >= 0.3 is 6.03 Å². The van der Waals surface area contributed by atoms with Gasteiger partial charge in [-0.3, -0.25) is 4.79 Å². The number of aromatic nitrogens is 1. The second-order valence-electron chi connectivity index (χ2n) is 8.09. The van der Waals surface area contributed by atoms with Crippen LogP contribution in [0.4, 0.5) is 9.18 Å². The molecule has 2 N–H and O–H groups in total. The Morgan fingerprint density at radius 3 is 2.60 bits per heavy atom. The first-order valence-corrected chi connectivity index (χ1v) is 10.9. The first kappa shape index (κ1) is 20.4. The van der Waals surface area contributed by atoms with Gasteiger partial charge in [0.2, 0.25) is 5.91 Å². The van der Waals surface area contributed by atoms with Crippen molar-refractivity contribution >= 4 is 28.4 Å². The number of hydrogen-bond donors (Lipinski definition) is 2. The zero-order valence-electron chi connectivity index (χ0n) is 17.3. The molecule has 1 aromatic carbocycles. The standard InChI is InChI=1S/C23H29FN4O2/c24-18-5-6-19-20(16-26-21(19)15-18)17-8-13-28(14-9-17)23(30)25-10-7-22(29)27-11-3-1-2-4-12-27/h5-6,8,15-16,26H,1-4,7,9-14H2,(H,25,30). The van der Waals surface area contributed by atoms with Crippen molar-refractivity contribution in [3.63, 3.8) is 0 Å². The summed E-state index contributed by atoms with van der Waals surface area (Å²) >= 11 is 0. The lowest BCUT2D eigenvalue weighted by Gasteiger charge is -2.27. The highest BCUT2D eigenvalue weighted by Crippen LogP contribution is 2.29. The number of H-pyrrole nitrogens is 1. The lowest BCUT2D eigenvalue weighted by Crippen LogP contribution is -2.43. The Balaban J connectivity index is 1.27. The number of carbonyl (C=O) groups excluding carboxylic acids is 2. The molecule has 0 atom stereocenters. The molecule has 3 amide bonds. The molecule has 0 radical (unpaired) electrons. The number of halogens is 1. The first-order valence-electron chi connectivity index (χ1n) is 10.9. The summed E-state index contributed by atoms with van der Waals surface area (Å²) < 4.78 is 13.4. The molecule has 0 unspecified atom stereocenters. The average molecular weight is 413 g/mol. The van der Waals surface area contributed by atoms with Crippen molar-refractivity contribution in [2.24, 2.45) is 0 Å². The van der Waals surface area contributed by atoms with Gasteiger partial charge in [0.25, 0.3) is 0 Å². The molecule has 0 spiro atoms.